The van der Waals surface area contributed by atoms with Crippen LogP contribution in [0, 0.1) is 5.92 Å². The Kier molecular flexibility index (Phi) is 5.30. The zero-order chi connectivity index (χ0) is 10.4. The van der Waals surface area contributed by atoms with Crippen LogP contribution in [0.4, 0.5) is 0 Å². The number of hydrogen-bond donors (Lipinski definition) is 1. The van der Waals surface area contributed by atoms with Gasteiger partial charge in [-0.05, 0) is 13.8 Å². The molecule has 4 heteroatoms. The normalized spacial score (nSPS) is 15.8. The maximum absolute atomic E-state index is 11.5. The van der Waals surface area contributed by atoms with Gasteiger partial charge in [0, 0.05) is 26.9 Å². The van der Waals surface area contributed by atoms with Crippen LogP contribution in [0.5, 0.6) is 0 Å². The van der Waals surface area contributed by atoms with E-state index >= 15 is 0 Å². The molecule has 0 saturated heterocycles. The molecule has 4 nitrogen and oxygen atoms in total. The largest absolute Gasteiger partial charge is 0.392 e. The highest BCUT2D eigenvalue weighted by molar-refractivity contribution is 5.92. The highest BCUT2D eigenvalue weighted by Gasteiger charge is 2.16. The van der Waals surface area contributed by atoms with Crippen LogP contribution < -0.4 is 0 Å². The fourth-order valence-corrected chi connectivity index (χ4v) is 1.12. The van der Waals surface area contributed by atoms with Crippen LogP contribution in [0.2, 0.25) is 0 Å². The van der Waals surface area contributed by atoms with Crippen molar-refractivity contribution >= 4 is 12.1 Å². The summed E-state index contributed by atoms with van der Waals surface area (Å²) in [5.74, 6) is -0.236. The van der Waals surface area contributed by atoms with Gasteiger partial charge in [0.15, 0.2) is 0 Å². The van der Waals surface area contributed by atoms with E-state index in [-0.39, 0.29) is 11.8 Å². The molecule has 0 fully saturated rings. The SMILES string of the molecule is CN=CC(C)C(=O)N(C)CC(C)O. The molecule has 0 rings (SSSR count). The van der Waals surface area contributed by atoms with Crippen molar-refractivity contribution in [2.75, 3.05) is 20.6 Å². The number of aliphatic hydroxyl groups excluding tert-OH is 1. The fourth-order valence-electron chi connectivity index (χ4n) is 1.12. The molecule has 0 heterocycles. The predicted octanol–water partition coefficient (Wildman–Crippen LogP) is 0.162. The minimum absolute atomic E-state index is 0.0218. The number of aliphatic imine (C=N–C) groups is 1. The van der Waals surface area contributed by atoms with Crippen LogP contribution in [0.3, 0.4) is 0 Å². The molecular weight excluding hydrogens is 168 g/mol. The highest BCUT2D eigenvalue weighted by Crippen LogP contribution is 1.99. The number of carbonyl (C=O) groups excluding carboxylic acids is 1. The van der Waals surface area contributed by atoms with Gasteiger partial charge in [-0.15, -0.1) is 0 Å². The highest BCUT2D eigenvalue weighted by atomic mass is 16.3. The van der Waals surface area contributed by atoms with Crippen molar-refractivity contribution in [3.05, 3.63) is 0 Å². The van der Waals surface area contributed by atoms with Crippen molar-refractivity contribution in [2.45, 2.75) is 20.0 Å². The lowest BCUT2D eigenvalue weighted by Crippen LogP contribution is -2.36. The number of carbonyl (C=O) groups is 1. The second kappa shape index (κ2) is 5.70. The molecule has 13 heavy (non-hydrogen) atoms. The summed E-state index contributed by atoms with van der Waals surface area (Å²) in [4.78, 5) is 16.8. The van der Waals surface area contributed by atoms with Crippen molar-refractivity contribution in [1.82, 2.24) is 4.90 Å². The van der Waals surface area contributed by atoms with Crippen LogP contribution in [0.1, 0.15) is 13.8 Å². The van der Waals surface area contributed by atoms with Crippen LogP contribution in [-0.2, 0) is 4.79 Å². The van der Waals surface area contributed by atoms with Gasteiger partial charge in [-0.2, -0.15) is 0 Å². The van der Waals surface area contributed by atoms with Crippen molar-refractivity contribution in [1.29, 1.82) is 0 Å². The lowest BCUT2D eigenvalue weighted by molar-refractivity contribution is -0.132. The zero-order valence-electron chi connectivity index (χ0n) is 8.69. The predicted molar refractivity (Wildman–Crippen MR) is 52.9 cm³/mol. The van der Waals surface area contributed by atoms with E-state index in [1.807, 2.05) is 0 Å². The summed E-state index contributed by atoms with van der Waals surface area (Å²) in [7, 11) is 3.31. The average molecular weight is 186 g/mol. The Bertz CT molecular complexity index is 190. The molecule has 0 bridgehead atoms. The van der Waals surface area contributed by atoms with Crippen LogP contribution in [-0.4, -0.2) is 48.9 Å². The quantitative estimate of drug-likeness (QED) is 0.636. The van der Waals surface area contributed by atoms with Gasteiger partial charge in [0.25, 0.3) is 0 Å². The summed E-state index contributed by atoms with van der Waals surface area (Å²) in [5, 5.41) is 9.06. The third-order valence-corrected chi connectivity index (χ3v) is 1.68. The van der Waals surface area contributed by atoms with Crippen molar-refractivity contribution in [2.24, 2.45) is 10.9 Å². The number of likely N-dealkylation sites (N-methyl/N-ethyl adjacent to an activating group) is 1. The van der Waals surface area contributed by atoms with Crippen LogP contribution >= 0.6 is 0 Å². The Morgan fingerprint density at radius 3 is 2.54 bits per heavy atom. The van der Waals surface area contributed by atoms with Crippen molar-refractivity contribution in [3.63, 3.8) is 0 Å². The number of nitrogens with zero attached hydrogens (tertiary/aromatic N) is 2. The van der Waals surface area contributed by atoms with E-state index in [1.165, 1.54) is 4.90 Å². The van der Waals surface area contributed by atoms with Gasteiger partial charge in [-0.25, -0.2) is 0 Å². The lowest BCUT2D eigenvalue weighted by atomic mass is 10.1. The molecule has 0 spiro atoms. The van der Waals surface area contributed by atoms with Gasteiger partial charge in [-0.3, -0.25) is 4.79 Å². The first kappa shape index (κ1) is 12.1. The maximum Gasteiger partial charge on any atom is 0.230 e. The lowest BCUT2D eigenvalue weighted by Gasteiger charge is -2.20. The third-order valence-electron chi connectivity index (χ3n) is 1.68. The Hall–Kier alpha value is -0.900. The Balaban J connectivity index is 4.09. The van der Waals surface area contributed by atoms with Gasteiger partial charge in [0.05, 0.1) is 12.0 Å². The molecule has 0 aromatic heterocycles. The first-order valence-corrected chi connectivity index (χ1v) is 4.34. The summed E-state index contributed by atoms with van der Waals surface area (Å²) in [6, 6.07) is 0. The molecule has 76 valence electrons. The van der Waals surface area contributed by atoms with Gasteiger partial charge >= 0.3 is 0 Å². The van der Waals surface area contributed by atoms with E-state index in [9.17, 15) is 4.79 Å². The van der Waals surface area contributed by atoms with Gasteiger partial charge in [-0.1, -0.05) is 0 Å². The fraction of sp³-hybridized carbons (Fsp3) is 0.778. The molecule has 1 amide bonds. The monoisotopic (exact) mass is 186 g/mol. The molecule has 0 radical (unpaired) electrons. The molecule has 0 aliphatic carbocycles. The summed E-state index contributed by atoms with van der Waals surface area (Å²) in [5.41, 5.74) is 0. The van der Waals surface area contributed by atoms with Crippen LogP contribution in [0.25, 0.3) is 0 Å². The molecule has 0 aromatic carbocycles. The number of aliphatic hydroxyl groups is 1. The Morgan fingerprint density at radius 2 is 2.15 bits per heavy atom. The maximum atomic E-state index is 11.5. The summed E-state index contributed by atoms with van der Waals surface area (Å²) < 4.78 is 0. The summed E-state index contributed by atoms with van der Waals surface area (Å²) in [6.07, 6.45) is 1.11. The van der Waals surface area contributed by atoms with Gasteiger partial charge in [0.2, 0.25) is 5.91 Å². The molecule has 0 aliphatic heterocycles. The summed E-state index contributed by atoms with van der Waals surface area (Å²) >= 11 is 0. The van der Waals surface area contributed by atoms with Gasteiger partial charge < -0.3 is 15.0 Å². The van der Waals surface area contributed by atoms with Gasteiger partial charge in [0.1, 0.15) is 0 Å². The smallest absolute Gasteiger partial charge is 0.230 e. The topological polar surface area (TPSA) is 52.9 Å². The molecule has 0 aromatic rings. The Morgan fingerprint density at radius 1 is 1.62 bits per heavy atom. The van der Waals surface area contributed by atoms with E-state index in [0.717, 1.165) is 0 Å². The molecule has 2 unspecified atom stereocenters. The van der Waals surface area contributed by atoms with E-state index in [4.69, 9.17) is 5.11 Å². The molecule has 1 N–H and O–H groups in total. The Labute approximate surface area is 79.3 Å². The van der Waals surface area contributed by atoms with Crippen molar-refractivity contribution < 1.29 is 9.90 Å². The minimum atomic E-state index is -0.486. The zero-order valence-corrected chi connectivity index (χ0v) is 8.69. The number of hydrogen-bond acceptors (Lipinski definition) is 3. The summed E-state index contributed by atoms with van der Waals surface area (Å²) in [6.45, 7) is 3.80. The van der Waals surface area contributed by atoms with E-state index in [0.29, 0.717) is 6.54 Å². The van der Waals surface area contributed by atoms with E-state index in [1.54, 1.807) is 34.2 Å². The van der Waals surface area contributed by atoms with Crippen molar-refractivity contribution in [3.8, 4) is 0 Å². The van der Waals surface area contributed by atoms with E-state index < -0.39 is 6.10 Å². The first-order chi connectivity index (χ1) is 5.99. The molecular formula is C9H18N2O2. The van der Waals surface area contributed by atoms with Crippen LogP contribution in [0.15, 0.2) is 4.99 Å². The second-order valence-electron chi connectivity index (χ2n) is 3.26. The molecule has 0 saturated carbocycles. The third kappa shape index (κ3) is 4.62. The average Bonchev–Trinajstić information content (AvgIpc) is 2.02. The number of rotatable bonds is 4. The second-order valence-corrected chi connectivity index (χ2v) is 3.26. The van der Waals surface area contributed by atoms with E-state index in [2.05, 4.69) is 4.99 Å². The first-order valence-electron chi connectivity index (χ1n) is 4.34. The molecule has 2 atom stereocenters. The molecule has 0 aliphatic rings. The standard InChI is InChI=1S/C9H18N2O2/c1-7(5-10-3)9(13)11(4)6-8(2)12/h5,7-8,12H,6H2,1-4H3. The minimum Gasteiger partial charge on any atom is -0.392 e. The number of amides is 1.